The Morgan fingerprint density at radius 3 is 2.49 bits per heavy atom. The molecule has 212 valence electrons. The lowest BCUT2D eigenvalue weighted by Gasteiger charge is -2.21. The van der Waals surface area contributed by atoms with Gasteiger partial charge >= 0.3 is 10.8 Å². The number of carbonyl (C=O) groups is 1. The molecule has 1 heterocycles. The molecule has 0 saturated heterocycles. The molecule has 1 aliphatic carbocycles. The van der Waals surface area contributed by atoms with Crippen LogP contribution in [0.5, 0.6) is 11.6 Å². The van der Waals surface area contributed by atoms with Gasteiger partial charge in [-0.25, -0.2) is 4.57 Å². The summed E-state index contributed by atoms with van der Waals surface area (Å²) in [4.78, 5) is 25.0. The first kappa shape index (κ1) is 30.5. The summed E-state index contributed by atoms with van der Waals surface area (Å²) < 4.78 is 12.5. The van der Waals surface area contributed by atoms with Crippen molar-refractivity contribution in [2.24, 2.45) is 11.3 Å². The van der Waals surface area contributed by atoms with Gasteiger partial charge in [-0.15, -0.1) is 0 Å². The zero-order chi connectivity index (χ0) is 28.6. The number of benzene rings is 1. The maximum atomic E-state index is 12.5. The first-order chi connectivity index (χ1) is 18.6. The Balaban J connectivity index is 1.56. The van der Waals surface area contributed by atoms with E-state index in [0.717, 1.165) is 46.5 Å². The monoisotopic (exact) mass is 553 g/mol. The molecule has 1 N–H and O–H groups in total. The van der Waals surface area contributed by atoms with E-state index in [9.17, 15) is 14.7 Å². The van der Waals surface area contributed by atoms with Crippen LogP contribution in [0.25, 0.3) is 0 Å². The van der Waals surface area contributed by atoms with E-state index in [1.165, 1.54) is 23.1 Å². The number of nitrogens with zero attached hydrogens (tertiary/aromatic N) is 1. The van der Waals surface area contributed by atoms with Gasteiger partial charge in [-0.3, -0.25) is 9.59 Å². The molecule has 0 spiro atoms. The van der Waals surface area contributed by atoms with E-state index in [4.69, 9.17) is 9.47 Å². The van der Waals surface area contributed by atoms with Gasteiger partial charge in [0.25, 0.3) is 0 Å². The predicted octanol–water partition coefficient (Wildman–Crippen LogP) is 7.55. The fraction of sp³-hybridized carbons (Fsp3) is 0.500. The van der Waals surface area contributed by atoms with Crippen LogP contribution in [-0.4, -0.2) is 22.2 Å². The van der Waals surface area contributed by atoms with Gasteiger partial charge in [-0.2, -0.15) is 0 Å². The third-order valence-electron chi connectivity index (χ3n) is 7.27. The normalized spacial score (nSPS) is 17.0. The maximum Gasteiger partial charge on any atom is 0.313 e. The average Bonchev–Trinajstić information content (AvgIpc) is 3.57. The molecule has 1 aromatic heterocycles. The summed E-state index contributed by atoms with van der Waals surface area (Å²) in [6.45, 7) is 12.5. The van der Waals surface area contributed by atoms with Crippen molar-refractivity contribution in [1.29, 1.82) is 0 Å². The lowest BCUT2D eigenvalue weighted by atomic mass is 9.88. The second kappa shape index (κ2) is 13.8. The van der Waals surface area contributed by atoms with Crippen LogP contribution in [0.2, 0.25) is 0 Å². The van der Waals surface area contributed by atoms with Crippen LogP contribution >= 0.6 is 11.3 Å². The van der Waals surface area contributed by atoms with Crippen molar-refractivity contribution in [3.8, 4) is 11.6 Å². The zero-order valence-corrected chi connectivity index (χ0v) is 25.0. The number of esters is 1. The third-order valence-corrected chi connectivity index (χ3v) is 8.24. The maximum absolute atomic E-state index is 12.5. The van der Waals surface area contributed by atoms with Crippen LogP contribution in [0.1, 0.15) is 84.1 Å². The van der Waals surface area contributed by atoms with Crippen LogP contribution in [0.4, 0.5) is 0 Å². The molecule has 1 atom stereocenters. The van der Waals surface area contributed by atoms with Crippen molar-refractivity contribution in [3.05, 3.63) is 79.3 Å². The highest BCUT2D eigenvalue weighted by atomic mass is 32.1. The second-order valence-corrected chi connectivity index (χ2v) is 11.9. The molecule has 0 radical (unpaired) electrons. The smallest absolute Gasteiger partial charge is 0.313 e. The van der Waals surface area contributed by atoms with Crippen molar-refractivity contribution in [2.45, 2.75) is 86.8 Å². The second-order valence-electron chi connectivity index (χ2n) is 10.9. The minimum Gasteiger partial charge on any atom is -0.494 e. The molecule has 2 aromatic rings. The molecule has 1 aliphatic rings. The van der Waals surface area contributed by atoms with Crippen molar-refractivity contribution in [2.75, 3.05) is 6.61 Å². The Morgan fingerprint density at radius 1 is 1.21 bits per heavy atom. The Labute approximate surface area is 236 Å². The van der Waals surface area contributed by atoms with Gasteiger partial charge in [0.15, 0.2) is 6.73 Å². The summed E-state index contributed by atoms with van der Waals surface area (Å²) in [6.07, 6.45) is 11.6. The van der Waals surface area contributed by atoms with Gasteiger partial charge in [0.2, 0.25) is 5.88 Å². The Hall–Kier alpha value is -3.06. The molecule has 0 amide bonds. The van der Waals surface area contributed by atoms with Crippen molar-refractivity contribution >= 4 is 17.3 Å². The minimum absolute atomic E-state index is 0.154. The molecule has 0 bridgehead atoms. The number of thiazole rings is 1. The highest BCUT2D eigenvalue weighted by Crippen LogP contribution is 2.41. The van der Waals surface area contributed by atoms with Gasteiger partial charge in [0.1, 0.15) is 5.75 Å². The molecule has 6 nitrogen and oxygen atoms in total. The zero-order valence-electron chi connectivity index (χ0n) is 24.2. The summed E-state index contributed by atoms with van der Waals surface area (Å²) in [5, 5.41) is 10.6. The molecule has 1 unspecified atom stereocenters. The van der Waals surface area contributed by atoms with Gasteiger partial charge in [-0.1, -0.05) is 80.0 Å². The number of aromatic nitrogens is 1. The molecule has 0 aliphatic heterocycles. The molecule has 1 fully saturated rings. The molecule has 39 heavy (non-hydrogen) atoms. The van der Waals surface area contributed by atoms with Gasteiger partial charge in [0.05, 0.1) is 16.9 Å². The van der Waals surface area contributed by atoms with Gasteiger partial charge in [-0.05, 0) is 69.2 Å². The molecule has 3 rings (SSSR count). The van der Waals surface area contributed by atoms with Gasteiger partial charge < -0.3 is 14.6 Å². The van der Waals surface area contributed by atoms with Crippen LogP contribution in [0.15, 0.2) is 64.0 Å². The van der Waals surface area contributed by atoms with E-state index in [2.05, 4.69) is 39.0 Å². The molecule has 1 saturated carbocycles. The summed E-state index contributed by atoms with van der Waals surface area (Å²) in [7, 11) is 0. The molecule has 1 aromatic carbocycles. The molecule has 7 heteroatoms. The first-order valence-electron chi connectivity index (χ1n) is 13.9. The number of allylic oxidation sites excluding steroid dienone is 5. The standard InChI is InChI=1S/C32H43NO5S/c1-7-17-32(5,6)30(35)38-21-33-29(34)28(39-31(33)36)20-24-11-14-26(15-12-24)37-18-16-25(27-19-22(27)4)13-10-23(8-2)9-3/h8,10-15,22,34H,7,9,16-21H2,1-6H3. The van der Waals surface area contributed by atoms with E-state index in [0.29, 0.717) is 30.2 Å². The summed E-state index contributed by atoms with van der Waals surface area (Å²) in [6, 6.07) is 7.72. The third kappa shape index (κ3) is 8.46. The van der Waals surface area contributed by atoms with E-state index < -0.39 is 5.41 Å². The largest absolute Gasteiger partial charge is 0.494 e. The average molecular weight is 554 g/mol. The van der Waals surface area contributed by atoms with E-state index in [1.807, 2.05) is 45.0 Å². The highest BCUT2D eigenvalue weighted by molar-refractivity contribution is 7.09. The van der Waals surface area contributed by atoms with Crippen molar-refractivity contribution in [1.82, 2.24) is 4.57 Å². The van der Waals surface area contributed by atoms with Crippen LogP contribution in [0, 0.1) is 11.3 Å². The number of ether oxygens (including phenoxy) is 2. The Bertz CT molecular complexity index is 1280. The van der Waals surface area contributed by atoms with Crippen LogP contribution < -0.4 is 9.61 Å². The number of hydrogen-bond donors (Lipinski definition) is 1. The number of rotatable bonds is 14. The van der Waals surface area contributed by atoms with Crippen molar-refractivity contribution in [3.63, 3.8) is 0 Å². The first-order valence-corrected chi connectivity index (χ1v) is 14.8. The Morgan fingerprint density at radius 2 is 1.90 bits per heavy atom. The summed E-state index contributed by atoms with van der Waals surface area (Å²) in [5.41, 5.74) is 4.56. The topological polar surface area (TPSA) is 77.8 Å². The lowest BCUT2D eigenvalue weighted by molar-refractivity contribution is -0.158. The van der Waals surface area contributed by atoms with E-state index >= 15 is 0 Å². The Kier molecular flexibility index (Phi) is 10.8. The quantitative estimate of drug-likeness (QED) is 0.193. The highest BCUT2D eigenvalue weighted by Gasteiger charge is 2.29. The van der Waals surface area contributed by atoms with Gasteiger partial charge in [0, 0.05) is 12.8 Å². The number of carbonyl (C=O) groups excluding carboxylic acids is 1. The number of aromatic hydroxyl groups is 1. The van der Waals surface area contributed by atoms with E-state index in [1.54, 1.807) is 0 Å². The molecular formula is C32H43NO5S. The summed E-state index contributed by atoms with van der Waals surface area (Å²) in [5.74, 6) is 0.920. The molecular weight excluding hydrogens is 510 g/mol. The SMILES string of the molecule is CC=C(C=CC(CCOc1ccc(Cc2sc(=O)n(COC(=O)C(C)(C)CCC)c2O)cc1)=C1CC1C)CC. The van der Waals surface area contributed by atoms with Crippen LogP contribution in [0.3, 0.4) is 0 Å². The minimum atomic E-state index is -0.632. The lowest BCUT2D eigenvalue weighted by Crippen LogP contribution is -2.28. The number of hydrogen-bond acceptors (Lipinski definition) is 6. The van der Waals surface area contributed by atoms with Crippen LogP contribution in [-0.2, 0) is 22.7 Å². The van der Waals surface area contributed by atoms with E-state index in [-0.39, 0.29) is 23.5 Å². The fourth-order valence-electron chi connectivity index (χ4n) is 4.58. The summed E-state index contributed by atoms with van der Waals surface area (Å²) >= 11 is 0.964. The fourth-order valence-corrected chi connectivity index (χ4v) is 5.48. The predicted molar refractivity (Wildman–Crippen MR) is 158 cm³/mol. The van der Waals surface area contributed by atoms with Crippen molar-refractivity contribution < 1.29 is 19.4 Å².